The van der Waals surface area contributed by atoms with Crippen LogP contribution in [0.5, 0.6) is 5.75 Å². The molecule has 0 aliphatic carbocycles. The summed E-state index contributed by atoms with van der Waals surface area (Å²) < 4.78 is 5.22. The first kappa shape index (κ1) is 13.4. The average molecular weight is 212 g/mol. The minimum Gasteiger partial charge on any atom is -0.496 e. The molecular weight excluding hydrogens is 192 g/mol. The van der Waals surface area contributed by atoms with Crippen molar-refractivity contribution in [1.82, 2.24) is 0 Å². The lowest BCUT2D eigenvalue weighted by Crippen LogP contribution is -1.85. The zero-order chi connectivity index (χ0) is 10.8. The molecule has 0 aliphatic heterocycles. The normalized spacial score (nSPS) is 8.86. The second-order valence-electron chi connectivity index (χ2n) is 2.50. The van der Waals surface area contributed by atoms with E-state index >= 15 is 0 Å². The molecule has 0 radical (unpaired) electrons. The number of rotatable bonds is 4. The van der Waals surface area contributed by atoms with Gasteiger partial charge in [0.1, 0.15) is 5.75 Å². The third-order valence-electron chi connectivity index (χ3n) is 1.53. The van der Waals surface area contributed by atoms with Crippen LogP contribution >= 0.6 is 11.8 Å². The molecule has 1 nitrogen and oxygen atoms in total. The zero-order valence-corrected chi connectivity index (χ0v) is 10.4. The molecule has 0 saturated heterocycles. The van der Waals surface area contributed by atoms with Gasteiger partial charge in [-0.1, -0.05) is 32.9 Å². The molecule has 14 heavy (non-hydrogen) atoms. The summed E-state index contributed by atoms with van der Waals surface area (Å²) in [5.74, 6) is 2.14. The van der Waals surface area contributed by atoms with Crippen molar-refractivity contribution in [3.63, 3.8) is 0 Å². The largest absolute Gasteiger partial charge is 0.496 e. The van der Waals surface area contributed by atoms with Crippen molar-refractivity contribution >= 4 is 11.8 Å². The fraction of sp³-hybridized carbons (Fsp3) is 0.500. The first-order valence-electron chi connectivity index (χ1n) is 5.14. The Hall–Kier alpha value is -0.630. The maximum Gasteiger partial charge on any atom is 0.132 e. The zero-order valence-electron chi connectivity index (χ0n) is 9.54. The Kier molecular flexibility index (Phi) is 8.54. The summed E-state index contributed by atoms with van der Waals surface area (Å²) in [4.78, 5) is 1.24. The summed E-state index contributed by atoms with van der Waals surface area (Å²) in [7, 11) is 1.71. The van der Waals surface area contributed by atoms with Crippen LogP contribution in [0.1, 0.15) is 27.2 Å². The molecule has 0 fully saturated rings. The Balaban J connectivity index is 0.000000791. The molecule has 1 aromatic rings. The monoisotopic (exact) mass is 212 g/mol. The van der Waals surface area contributed by atoms with E-state index in [9.17, 15) is 0 Å². The molecule has 0 aromatic heterocycles. The van der Waals surface area contributed by atoms with Gasteiger partial charge < -0.3 is 4.74 Å². The first-order chi connectivity index (χ1) is 6.88. The number of benzene rings is 1. The summed E-state index contributed by atoms with van der Waals surface area (Å²) in [6, 6.07) is 8.13. The van der Waals surface area contributed by atoms with E-state index in [1.807, 2.05) is 43.8 Å². The summed E-state index contributed by atoms with van der Waals surface area (Å²) >= 11 is 1.85. The van der Waals surface area contributed by atoms with Crippen LogP contribution in [0, 0.1) is 0 Å². The molecule has 1 rings (SSSR count). The molecule has 0 atom stereocenters. The van der Waals surface area contributed by atoms with Crippen LogP contribution in [0.4, 0.5) is 0 Å². The lowest BCUT2D eigenvalue weighted by Gasteiger charge is -2.05. The molecule has 2 heteroatoms. The molecule has 0 aliphatic rings. The van der Waals surface area contributed by atoms with Crippen LogP contribution in [0.25, 0.3) is 0 Å². The van der Waals surface area contributed by atoms with Crippen LogP contribution in [0.2, 0.25) is 0 Å². The molecular formula is C12H20OS. The standard InChI is InChI=1S/C10H14OS.C2H6/c1-3-8-12-10-7-5-4-6-9(10)11-2;1-2/h4-7H,3,8H2,1-2H3;1-2H3. The topological polar surface area (TPSA) is 9.23 Å². The number of para-hydroxylation sites is 1. The third kappa shape index (κ3) is 4.56. The Morgan fingerprint density at radius 2 is 1.86 bits per heavy atom. The van der Waals surface area contributed by atoms with Gasteiger partial charge in [-0.05, 0) is 24.3 Å². The van der Waals surface area contributed by atoms with E-state index in [0.717, 1.165) is 11.5 Å². The van der Waals surface area contributed by atoms with Crippen LogP contribution in [-0.2, 0) is 0 Å². The first-order valence-corrected chi connectivity index (χ1v) is 6.13. The lowest BCUT2D eigenvalue weighted by molar-refractivity contribution is 0.405. The van der Waals surface area contributed by atoms with E-state index in [-0.39, 0.29) is 0 Å². The highest BCUT2D eigenvalue weighted by Gasteiger charge is 1.99. The summed E-state index contributed by atoms with van der Waals surface area (Å²) in [5, 5.41) is 0. The van der Waals surface area contributed by atoms with E-state index in [0.29, 0.717) is 0 Å². The summed E-state index contributed by atoms with van der Waals surface area (Å²) in [6.45, 7) is 6.18. The Morgan fingerprint density at radius 1 is 1.21 bits per heavy atom. The van der Waals surface area contributed by atoms with Crippen molar-refractivity contribution in [3.8, 4) is 5.75 Å². The average Bonchev–Trinajstić information content (AvgIpc) is 2.29. The predicted molar refractivity (Wildman–Crippen MR) is 65.4 cm³/mol. The van der Waals surface area contributed by atoms with Gasteiger partial charge in [0.2, 0.25) is 0 Å². The van der Waals surface area contributed by atoms with E-state index in [2.05, 4.69) is 13.0 Å². The highest BCUT2D eigenvalue weighted by atomic mass is 32.2. The van der Waals surface area contributed by atoms with Gasteiger partial charge in [-0.15, -0.1) is 11.8 Å². The third-order valence-corrected chi connectivity index (χ3v) is 2.79. The van der Waals surface area contributed by atoms with E-state index in [1.165, 1.54) is 11.3 Å². The highest BCUT2D eigenvalue weighted by Crippen LogP contribution is 2.28. The van der Waals surface area contributed by atoms with E-state index in [4.69, 9.17) is 4.74 Å². The van der Waals surface area contributed by atoms with Crippen molar-refractivity contribution in [3.05, 3.63) is 24.3 Å². The Morgan fingerprint density at radius 3 is 2.43 bits per heavy atom. The quantitative estimate of drug-likeness (QED) is 0.691. The smallest absolute Gasteiger partial charge is 0.132 e. The van der Waals surface area contributed by atoms with Crippen molar-refractivity contribution in [2.75, 3.05) is 12.9 Å². The number of hydrogen-bond donors (Lipinski definition) is 0. The highest BCUT2D eigenvalue weighted by molar-refractivity contribution is 7.99. The fourth-order valence-corrected chi connectivity index (χ4v) is 1.84. The Bertz CT molecular complexity index is 236. The molecule has 1 aromatic carbocycles. The molecule has 0 saturated carbocycles. The lowest BCUT2D eigenvalue weighted by atomic mass is 10.3. The van der Waals surface area contributed by atoms with Crippen LogP contribution in [-0.4, -0.2) is 12.9 Å². The van der Waals surface area contributed by atoms with Crippen molar-refractivity contribution in [2.45, 2.75) is 32.1 Å². The van der Waals surface area contributed by atoms with Gasteiger partial charge in [-0.3, -0.25) is 0 Å². The predicted octanol–water partition coefficient (Wildman–Crippen LogP) is 4.22. The number of hydrogen-bond acceptors (Lipinski definition) is 2. The molecule has 0 bridgehead atoms. The van der Waals surface area contributed by atoms with E-state index in [1.54, 1.807) is 7.11 Å². The molecule has 0 amide bonds. The van der Waals surface area contributed by atoms with Crippen LogP contribution in [0.15, 0.2) is 29.2 Å². The molecule has 0 heterocycles. The van der Waals surface area contributed by atoms with Gasteiger partial charge in [-0.25, -0.2) is 0 Å². The fourth-order valence-electron chi connectivity index (χ4n) is 0.950. The van der Waals surface area contributed by atoms with Crippen LogP contribution < -0.4 is 4.74 Å². The number of thioether (sulfide) groups is 1. The van der Waals surface area contributed by atoms with Gasteiger partial charge in [-0.2, -0.15) is 0 Å². The minimum atomic E-state index is 0.982. The molecule has 0 unspecified atom stereocenters. The van der Waals surface area contributed by atoms with Crippen molar-refractivity contribution in [1.29, 1.82) is 0 Å². The maximum absolute atomic E-state index is 5.22. The number of ether oxygens (including phenoxy) is 1. The van der Waals surface area contributed by atoms with Gasteiger partial charge in [0, 0.05) is 4.90 Å². The summed E-state index contributed by atoms with van der Waals surface area (Å²) in [5.41, 5.74) is 0. The maximum atomic E-state index is 5.22. The second-order valence-corrected chi connectivity index (χ2v) is 3.64. The van der Waals surface area contributed by atoms with Gasteiger partial charge >= 0.3 is 0 Å². The SMILES string of the molecule is CC.CCCSc1ccccc1OC. The Labute approximate surface area is 91.9 Å². The summed E-state index contributed by atoms with van der Waals surface area (Å²) in [6.07, 6.45) is 1.20. The minimum absolute atomic E-state index is 0.982. The van der Waals surface area contributed by atoms with Gasteiger partial charge in [0.25, 0.3) is 0 Å². The van der Waals surface area contributed by atoms with E-state index < -0.39 is 0 Å². The number of methoxy groups -OCH3 is 1. The van der Waals surface area contributed by atoms with Crippen molar-refractivity contribution < 1.29 is 4.74 Å². The van der Waals surface area contributed by atoms with Crippen LogP contribution in [0.3, 0.4) is 0 Å². The molecule has 80 valence electrons. The van der Waals surface area contributed by atoms with Gasteiger partial charge in [0.05, 0.1) is 7.11 Å². The molecule has 0 spiro atoms. The molecule has 0 N–H and O–H groups in total. The second kappa shape index (κ2) is 8.95. The van der Waals surface area contributed by atoms with Crippen molar-refractivity contribution in [2.24, 2.45) is 0 Å². The van der Waals surface area contributed by atoms with Gasteiger partial charge in [0.15, 0.2) is 0 Å².